The van der Waals surface area contributed by atoms with Crippen LogP contribution >= 0.6 is 0 Å². The van der Waals surface area contributed by atoms with Crippen LogP contribution in [0.25, 0.3) is 10.8 Å². The van der Waals surface area contributed by atoms with Gasteiger partial charge in [-0.25, -0.2) is 0 Å². The van der Waals surface area contributed by atoms with Gasteiger partial charge in [0.15, 0.2) is 17.6 Å². The molecule has 66 heavy (non-hydrogen) atoms. The average Bonchev–Trinajstić information content (AvgIpc) is 3.37. The fourth-order valence-corrected chi connectivity index (χ4v) is 20.1. The molecule has 2 unspecified atom stereocenters. The highest BCUT2D eigenvalue weighted by molar-refractivity contribution is 7.03. The minimum Gasteiger partial charge on any atom is -0.457 e. The van der Waals surface area contributed by atoms with E-state index in [9.17, 15) is 0 Å². The van der Waals surface area contributed by atoms with Crippen molar-refractivity contribution < 1.29 is 9.47 Å². The van der Waals surface area contributed by atoms with E-state index >= 15 is 0 Å². The molecule has 2 atom stereocenters. The Morgan fingerprint density at radius 2 is 0.545 bits per heavy atom. The summed E-state index contributed by atoms with van der Waals surface area (Å²) in [6.07, 6.45) is 0. The Kier molecular flexibility index (Phi) is 6.75. The summed E-state index contributed by atoms with van der Waals surface area (Å²) >= 11 is 0. The molecule has 10 aromatic rings. The quantitative estimate of drug-likeness (QED) is 0.164. The fraction of sp³-hybridized carbons (Fsp3) is 0. The summed E-state index contributed by atoms with van der Waals surface area (Å²) in [6.45, 7) is 0. The van der Waals surface area contributed by atoms with Crippen molar-refractivity contribution in [1.29, 1.82) is 0 Å². The third-order valence-electron chi connectivity index (χ3n) is 14.7. The number of hydrogen-bond donors (Lipinski definition) is 0. The molecule has 0 aromatic heterocycles. The highest BCUT2D eigenvalue weighted by atomic mass is 28.3. The number of benzene rings is 10. The molecule has 308 valence electrons. The largest absolute Gasteiger partial charge is 0.457 e. The third-order valence-corrected chi connectivity index (χ3v) is 21.6. The molecule has 0 spiro atoms. The zero-order chi connectivity index (χ0) is 42.8. The van der Waals surface area contributed by atoms with Gasteiger partial charge in [0.05, 0.1) is 11.4 Å². The summed E-state index contributed by atoms with van der Waals surface area (Å²) in [7, 11) is -4.42. The lowest BCUT2D eigenvalue weighted by Gasteiger charge is -2.49. The molecule has 0 aliphatic carbocycles. The molecule has 10 aromatic carbocycles. The van der Waals surface area contributed by atoms with E-state index in [1.54, 1.807) is 0 Å². The molecule has 6 aliphatic heterocycles. The molecule has 0 saturated carbocycles. The highest BCUT2D eigenvalue weighted by Gasteiger charge is 2.51. The van der Waals surface area contributed by atoms with Gasteiger partial charge in [-0.05, 0) is 120 Å². The minimum absolute atomic E-state index is 0.969. The summed E-state index contributed by atoms with van der Waals surface area (Å²) in [4.78, 5) is 10.2. The molecule has 0 N–H and O–H groups in total. The monoisotopic (exact) mass is 876 g/mol. The van der Waals surface area contributed by atoms with Gasteiger partial charge in [0, 0.05) is 88.4 Å². The molecular formula is C58H36N4O2Si2. The maximum atomic E-state index is 7.00. The van der Waals surface area contributed by atoms with E-state index in [4.69, 9.17) is 9.47 Å². The number of para-hydroxylation sites is 4. The van der Waals surface area contributed by atoms with Crippen LogP contribution in [0.2, 0.25) is 0 Å². The Morgan fingerprint density at radius 1 is 0.258 bits per heavy atom. The first-order chi connectivity index (χ1) is 32.8. The Hall–Kier alpha value is -8.31. The zero-order valence-corrected chi connectivity index (χ0v) is 37.7. The van der Waals surface area contributed by atoms with E-state index in [2.05, 4.69) is 226 Å². The Morgan fingerprint density at radius 3 is 0.864 bits per heavy atom. The van der Waals surface area contributed by atoms with Crippen LogP contribution in [0.1, 0.15) is 0 Å². The molecule has 0 saturated heterocycles. The van der Waals surface area contributed by atoms with Gasteiger partial charge in [-0.3, -0.25) is 0 Å². The summed E-state index contributed by atoms with van der Waals surface area (Å²) in [5.41, 5.74) is 14.3. The first-order valence-corrected chi connectivity index (χ1v) is 26.2. The van der Waals surface area contributed by atoms with Gasteiger partial charge in [-0.1, -0.05) is 97.1 Å². The van der Waals surface area contributed by atoms with E-state index in [-0.39, 0.29) is 0 Å². The third kappa shape index (κ3) is 4.35. The first-order valence-electron chi connectivity index (χ1n) is 22.8. The fourth-order valence-electron chi connectivity index (χ4n) is 12.4. The van der Waals surface area contributed by atoms with E-state index in [1.807, 2.05) is 0 Å². The van der Waals surface area contributed by atoms with Crippen molar-refractivity contribution in [3.8, 4) is 23.0 Å². The number of fused-ring (bicyclic) bond motifs is 3. The van der Waals surface area contributed by atoms with Gasteiger partial charge in [-0.15, -0.1) is 0 Å². The van der Waals surface area contributed by atoms with Crippen molar-refractivity contribution in [1.82, 2.24) is 0 Å². The molecule has 0 fully saturated rings. The van der Waals surface area contributed by atoms with Crippen molar-refractivity contribution in [3.63, 3.8) is 0 Å². The summed E-state index contributed by atoms with van der Waals surface area (Å²) < 4.78 is 14.0. The SMILES string of the molecule is c1ccc(N2c3cccc4c3[SiH]3c5c(cccc5N(c5ccccc5)c5c3c2cc2c3c6c(cc52)N(c2ccccc2)c2cccc5c2[SiH]6c2c(cccc2N3c2ccccc2)O5)O4)cc1. The predicted molar refractivity (Wildman–Crippen MR) is 275 cm³/mol. The Bertz CT molecular complexity index is 3480. The van der Waals surface area contributed by atoms with Crippen LogP contribution in [0, 0.1) is 0 Å². The van der Waals surface area contributed by atoms with Gasteiger partial charge < -0.3 is 29.1 Å². The van der Waals surface area contributed by atoms with Crippen LogP contribution in [-0.4, -0.2) is 17.6 Å². The maximum absolute atomic E-state index is 7.00. The molecule has 6 heterocycles. The van der Waals surface area contributed by atoms with Crippen molar-refractivity contribution in [2.75, 3.05) is 19.6 Å². The van der Waals surface area contributed by atoms with Gasteiger partial charge in [0.1, 0.15) is 23.0 Å². The maximum Gasteiger partial charge on any atom is 0.153 e. The molecule has 0 bridgehead atoms. The van der Waals surface area contributed by atoms with E-state index in [0.29, 0.717) is 0 Å². The van der Waals surface area contributed by atoms with Crippen LogP contribution in [0.3, 0.4) is 0 Å². The van der Waals surface area contributed by atoms with Crippen LogP contribution in [0.15, 0.2) is 206 Å². The molecular weight excluding hydrogens is 841 g/mol. The number of nitrogens with zero attached hydrogens (tertiary/aromatic N) is 4. The van der Waals surface area contributed by atoms with Crippen LogP contribution in [-0.2, 0) is 0 Å². The standard InChI is InChI=1S/C58H36N4O2Si2/c1-5-17-35(18-6-1)59-41-25-13-29-47-53(41)65-55-43(27-15-31-49(55)63-47)61(37-21-9-3-10-22-37)51-40-34-46-58-52(39(40)33-45(59)57(51)65)62(38-23-11-4-12-24-38)44-28-16-32-50-56(44)66(58)54-42(26-14-30-48(54)64-50)60(46)36-19-7-2-8-20-36/h1-34,65-66H. The summed E-state index contributed by atoms with van der Waals surface area (Å²) in [6, 6.07) is 75.9. The van der Waals surface area contributed by atoms with E-state index < -0.39 is 17.6 Å². The number of hydrogen-bond acceptors (Lipinski definition) is 6. The highest BCUT2D eigenvalue weighted by Crippen LogP contribution is 2.56. The average molecular weight is 877 g/mol. The smallest absolute Gasteiger partial charge is 0.153 e. The lowest BCUT2D eigenvalue weighted by Crippen LogP contribution is -2.64. The molecule has 6 nitrogen and oxygen atoms in total. The normalized spacial score (nSPS) is 16.6. The van der Waals surface area contributed by atoms with E-state index in [1.165, 1.54) is 87.4 Å². The number of anilines is 12. The van der Waals surface area contributed by atoms with Gasteiger partial charge in [0.25, 0.3) is 0 Å². The summed E-state index contributed by atoms with van der Waals surface area (Å²) in [5, 5.41) is 10.7. The number of ether oxygens (including phenoxy) is 2. The van der Waals surface area contributed by atoms with Crippen molar-refractivity contribution in [2.45, 2.75) is 0 Å². The second-order valence-corrected chi connectivity index (χ2v) is 23.1. The first kappa shape index (κ1) is 35.1. The molecule has 0 amide bonds. The second kappa shape index (κ2) is 12.7. The van der Waals surface area contributed by atoms with Gasteiger partial charge >= 0.3 is 0 Å². The lowest BCUT2D eigenvalue weighted by atomic mass is 9.97. The topological polar surface area (TPSA) is 31.4 Å². The molecule has 6 aliphatic rings. The predicted octanol–water partition coefficient (Wildman–Crippen LogP) is 10.7. The van der Waals surface area contributed by atoms with Gasteiger partial charge in [-0.2, -0.15) is 0 Å². The Balaban J connectivity index is 1.14. The van der Waals surface area contributed by atoms with Gasteiger partial charge in [0.2, 0.25) is 0 Å². The molecule has 16 rings (SSSR count). The van der Waals surface area contributed by atoms with E-state index in [0.717, 1.165) is 45.7 Å². The lowest BCUT2D eigenvalue weighted by molar-refractivity contribution is 0.487. The second-order valence-electron chi connectivity index (χ2n) is 17.9. The molecule has 8 heteroatoms. The van der Waals surface area contributed by atoms with Crippen LogP contribution in [0.5, 0.6) is 23.0 Å². The Labute approximate surface area is 384 Å². The van der Waals surface area contributed by atoms with Crippen molar-refractivity contribution >= 4 is 128 Å². The molecule has 0 radical (unpaired) electrons. The van der Waals surface area contributed by atoms with Crippen molar-refractivity contribution in [2.24, 2.45) is 0 Å². The van der Waals surface area contributed by atoms with Crippen LogP contribution < -0.4 is 60.2 Å². The van der Waals surface area contributed by atoms with Crippen molar-refractivity contribution in [3.05, 3.63) is 206 Å². The minimum atomic E-state index is -2.21. The van der Waals surface area contributed by atoms with Crippen LogP contribution in [0.4, 0.5) is 68.2 Å². The summed E-state index contributed by atoms with van der Waals surface area (Å²) in [5.74, 6) is 3.87. The zero-order valence-electron chi connectivity index (χ0n) is 35.4. The number of rotatable bonds is 4.